The molecule has 0 aromatic carbocycles. The van der Waals surface area contributed by atoms with Crippen molar-refractivity contribution in [3.05, 3.63) is 0 Å². The number of aliphatic hydroxyl groups excluding tert-OH is 1. The quantitative estimate of drug-likeness (QED) is 0.656. The van der Waals surface area contributed by atoms with Crippen LogP contribution in [0.1, 0.15) is 32.6 Å². The Balaban J connectivity index is 1.71. The second-order valence-corrected chi connectivity index (χ2v) is 5.34. The average Bonchev–Trinajstić information content (AvgIpc) is 3.07. The second kappa shape index (κ2) is 4.81. The van der Waals surface area contributed by atoms with E-state index in [1.54, 1.807) is 0 Å². The largest absolute Gasteiger partial charge is 0.395 e. The van der Waals surface area contributed by atoms with Crippen LogP contribution in [-0.2, 0) is 0 Å². The van der Waals surface area contributed by atoms with Gasteiger partial charge in [0.05, 0.1) is 6.61 Å². The minimum atomic E-state index is 0.262. The molecule has 0 radical (unpaired) electrons. The van der Waals surface area contributed by atoms with Gasteiger partial charge < -0.3 is 15.3 Å². The third-order valence-corrected chi connectivity index (χ3v) is 3.78. The monoisotopic (exact) mass is 212 g/mol. The summed E-state index contributed by atoms with van der Waals surface area (Å²) in [4.78, 5) is 2.40. The summed E-state index contributed by atoms with van der Waals surface area (Å²) in [6.07, 6.45) is 5.37. The molecule has 2 fully saturated rings. The van der Waals surface area contributed by atoms with Gasteiger partial charge in [0.2, 0.25) is 0 Å². The summed E-state index contributed by atoms with van der Waals surface area (Å²) >= 11 is 0. The van der Waals surface area contributed by atoms with Crippen molar-refractivity contribution in [1.82, 2.24) is 10.2 Å². The number of rotatable bonds is 7. The minimum absolute atomic E-state index is 0.262. The molecule has 15 heavy (non-hydrogen) atoms. The number of nitrogens with one attached hydrogen (secondary N) is 1. The topological polar surface area (TPSA) is 35.5 Å². The van der Waals surface area contributed by atoms with E-state index in [9.17, 15) is 5.11 Å². The molecule has 0 aromatic heterocycles. The molecular formula is C12H24N2O. The Morgan fingerprint density at radius 2 is 2.00 bits per heavy atom. The highest BCUT2D eigenvalue weighted by atomic mass is 16.3. The van der Waals surface area contributed by atoms with Gasteiger partial charge in [-0.15, -0.1) is 0 Å². The van der Waals surface area contributed by atoms with Crippen molar-refractivity contribution in [2.75, 3.05) is 20.2 Å². The van der Waals surface area contributed by atoms with Crippen molar-refractivity contribution in [3.8, 4) is 0 Å². The van der Waals surface area contributed by atoms with E-state index in [1.165, 1.54) is 25.7 Å². The molecule has 0 aromatic rings. The number of likely N-dealkylation sites (N-methyl/N-ethyl adjacent to an activating group) is 1. The zero-order valence-electron chi connectivity index (χ0n) is 9.95. The standard InChI is InChI=1S/C12H24N2O/c1-9(10-3-4-10)14(2)7-12(8-15)13-11-5-6-11/h9-13,15H,3-8H2,1-2H3. The van der Waals surface area contributed by atoms with Gasteiger partial charge in [-0.2, -0.15) is 0 Å². The van der Waals surface area contributed by atoms with Crippen LogP contribution < -0.4 is 5.32 Å². The summed E-state index contributed by atoms with van der Waals surface area (Å²) in [5.74, 6) is 0.912. The lowest BCUT2D eigenvalue weighted by atomic mass is 10.1. The number of aliphatic hydroxyl groups is 1. The first-order valence-electron chi connectivity index (χ1n) is 6.28. The van der Waals surface area contributed by atoms with Gasteiger partial charge in [0.1, 0.15) is 0 Å². The van der Waals surface area contributed by atoms with E-state index in [-0.39, 0.29) is 12.6 Å². The Hall–Kier alpha value is -0.120. The zero-order chi connectivity index (χ0) is 10.8. The molecule has 0 bridgehead atoms. The Morgan fingerprint density at radius 1 is 1.33 bits per heavy atom. The van der Waals surface area contributed by atoms with Crippen LogP contribution >= 0.6 is 0 Å². The van der Waals surface area contributed by atoms with Gasteiger partial charge in [0.15, 0.2) is 0 Å². The van der Waals surface area contributed by atoms with Crippen molar-refractivity contribution in [2.45, 2.75) is 50.7 Å². The second-order valence-electron chi connectivity index (χ2n) is 5.34. The molecular weight excluding hydrogens is 188 g/mol. The molecule has 0 amide bonds. The lowest BCUT2D eigenvalue weighted by molar-refractivity contribution is 0.164. The summed E-state index contributed by atoms with van der Waals surface area (Å²) < 4.78 is 0. The maximum atomic E-state index is 9.30. The van der Waals surface area contributed by atoms with E-state index >= 15 is 0 Å². The molecule has 2 saturated carbocycles. The molecule has 2 rings (SSSR count). The fourth-order valence-electron chi connectivity index (χ4n) is 2.20. The molecule has 2 N–H and O–H groups in total. The molecule has 0 spiro atoms. The predicted molar refractivity (Wildman–Crippen MR) is 61.8 cm³/mol. The van der Waals surface area contributed by atoms with Crippen molar-refractivity contribution in [3.63, 3.8) is 0 Å². The number of hydrogen-bond acceptors (Lipinski definition) is 3. The molecule has 0 heterocycles. The van der Waals surface area contributed by atoms with Gasteiger partial charge in [-0.25, -0.2) is 0 Å². The SMILES string of the molecule is CC(C1CC1)N(C)CC(CO)NC1CC1. The molecule has 0 aliphatic heterocycles. The first kappa shape index (κ1) is 11.4. The van der Waals surface area contributed by atoms with E-state index < -0.39 is 0 Å². The van der Waals surface area contributed by atoms with Crippen LogP contribution in [0.2, 0.25) is 0 Å². The average molecular weight is 212 g/mol. The van der Waals surface area contributed by atoms with Gasteiger partial charge >= 0.3 is 0 Å². The summed E-state index contributed by atoms with van der Waals surface area (Å²) in [5.41, 5.74) is 0. The molecule has 88 valence electrons. The maximum absolute atomic E-state index is 9.30. The van der Waals surface area contributed by atoms with Gasteiger partial charge in [0.25, 0.3) is 0 Å². The highest BCUT2D eigenvalue weighted by Gasteiger charge is 2.32. The summed E-state index contributed by atoms with van der Waals surface area (Å²) in [7, 11) is 2.18. The van der Waals surface area contributed by atoms with Crippen LogP contribution in [0.25, 0.3) is 0 Å². The van der Waals surface area contributed by atoms with Crippen LogP contribution in [0.4, 0.5) is 0 Å². The molecule has 2 aliphatic carbocycles. The third-order valence-electron chi connectivity index (χ3n) is 3.78. The van der Waals surface area contributed by atoms with E-state index in [2.05, 4.69) is 24.2 Å². The predicted octanol–water partition coefficient (Wildman–Crippen LogP) is 0.830. The van der Waals surface area contributed by atoms with Crippen molar-refractivity contribution < 1.29 is 5.11 Å². The highest BCUT2D eigenvalue weighted by molar-refractivity contribution is 4.88. The van der Waals surface area contributed by atoms with Gasteiger partial charge in [0, 0.05) is 24.7 Å². The fourth-order valence-corrected chi connectivity index (χ4v) is 2.20. The zero-order valence-corrected chi connectivity index (χ0v) is 9.95. The fraction of sp³-hybridized carbons (Fsp3) is 1.00. The van der Waals surface area contributed by atoms with Gasteiger partial charge in [-0.1, -0.05) is 0 Å². The van der Waals surface area contributed by atoms with E-state index in [0.717, 1.165) is 12.5 Å². The van der Waals surface area contributed by atoms with Crippen LogP contribution in [0, 0.1) is 5.92 Å². The summed E-state index contributed by atoms with van der Waals surface area (Å²) in [5, 5.41) is 12.8. The molecule has 3 heteroatoms. The molecule has 2 unspecified atom stereocenters. The first-order chi connectivity index (χ1) is 7.20. The van der Waals surface area contributed by atoms with Crippen molar-refractivity contribution in [1.29, 1.82) is 0 Å². The lowest BCUT2D eigenvalue weighted by Crippen LogP contribution is -2.46. The summed E-state index contributed by atoms with van der Waals surface area (Å²) in [6.45, 7) is 3.55. The first-order valence-corrected chi connectivity index (χ1v) is 6.28. The van der Waals surface area contributed by atoms with Crippen LogP contribution in [0.15, 0.2) is 0 Å². The Labute approximate surface area is 92.8 Å². The highest BCUT2D eigenvalue weighted by Crippen LogP contribution is 2.34. The lowest BCUT2D eigenvalue weighted by Gasteiger charge is -2.29. The Morgan fingerprint density at radius 3 is 2.47 bits per heavy atom. The van der Waals surface area contributed by atoms with Crippen molar-refractivity contribution in [2.24, 2.45) is 5.92 Å². The normalized spacial score (nSPS) is 25.6. The van der Waals surface area contributed by atoms with E-state index in [4.69, 9.17) is 0 Å². The number of hydrogen-bond donors (Lipinski definition) is 2. The minimum Gasteiger partial charge on any atom is -0.395 e. The van der Waals surface area contributed by atoms with Crippen molar-refractivity contribution >= 4 is 0 Å². The third kappa shape index (κ3) is 3.44. The Kier molecular flexibility index (Phi) is 3.65. The van der Waals surface area contributed by atoms with Crippen LogP contribution in [-0.4, -0.2) is 48.3 Å². The van der Waals surface area contributed by atoms with E-state index in [0.29, 0.717) is 12.1 Å². The summed E-state index contributed by atoms with van der Waals surface area (Å²) in [6, 6.07) is 1.63. The smallest absolute Gasteiger partial charge is 0.0597 e. The molecule has 3 nitrogen and oxygen atoms in total. The van der Waals surface area contributed by atoms with Crippen LogP contribution in [0.5, 0.6) is 0 Å². The molecule has 2 atom stereocenters. The van der Waals surface area contributed by atoms with Gasteiger partial charge in [-0.3, -0.25) is 0 Å². The number of nitrogens with zero attached hydrogens (tertiary/aromatic N) is 1. The van der Waals surface area contributed by atoms with E-state index in [1.807, 2.05) is 0 Å². The maximum Gasteiger partial charge on any atom is 0.0597 e. The Bertz CT molecular complexity index is 202. The van der Waals surface area contributed by atoms with Crippen LogP contribution in [0.3, 0.4) is 0 Å². The molecule has 2 aliphatic rings. The molecule has 0 saturated heterocycles. The van der Waals surface area contributed by atoms with Gasteiger partial charge in [-0.05, 0) is 45.6 Å².